The van der Waals surface area contributed by atoms with Crippen LogP contribution in [0.3, 0.4) is 0 Å². The van der Waals surface area contributed by atoms with E-state index in [1.807, 2.05) is 0 Å². The molecule has 0 radical (unpaired) electrons. The van der Waals surface area contributed by atoms with Crippen molar-refractivity contribution < 1.29 is 9.72 Å². The van der Waals surface area contributed by atoms with Crippen LogP contribution in [0, 0.1) is 17.2 Å². The predicted molar refractivity (Wildman–Crippen MR) is 99.3 cm³/mol. The number of aromatic amines is 1. The number of nitriles is 1. The fourth-order valence-corrected chi connectivity index (χ4v) is 4.15. The molecule has 2 heterocycles. The molecule has 0 saturated heterocycles. The fourth-order valence-electron chi connectivity index (χ4n) is 4.15. The number of pyridine rings is 1. The van der Waals surface area contributed by atoms with E-state index in [9.17, 15) is 5.26 Å². The summed E-state index contributed by atoms with van der Waals surface area (Å²) in [5, 5.41) is 13.6. The standard InChI is InChI=1S/C21H31N3O/c1-14(2)10-19-18-13-25-21(3,4)11-16(18)17(12-22)20(24-19)23-15-8-6-5-7-9-15/h14-15H,5-11,13H2,1-4H3,(H,23,24)/p+1. The third-order valence-electron chi connectivity index (χ3n) is 5.44. The molecule has 1 aliphatic carbocycles. The summed E-state index contributed by atoms with van der Waals surface area (Å²) in [7, 11) is 0. The number of hydrogen-bond donors (Lipinski definition) is 1. The van der Waals surface area contributed by atoms with E-state index >= 15 is 0 Å². The van der Waals surface area contributed by atoms with Gasteiger partial charge in [0.15, 0.2) is 0 Å². The lowest BCUT2D eigenvalue weighted by Gasteiger charge is -2.33. The first-order chi connectivity index (χ1) is 11.9. The minimum atomic E-state index is -0.211. The second-order valence-electron chi connectivity index (χ2n) is 8.72. The molecule has 1 saturated carbocycles. The summed E-state index contributed by atoms with van der Waals surface area (Å²) in [6, 6.07) is 2.96. The number of hydrogen-bond acceptors (Lipinski definition) is 3. The molecule has 1 fully saturated rings. The number of nitrogens with zero attached hydrogens (tertiary/aromatic N) is 1. The Balaban J connectivity index is 2.02. The summed E-state index contributed by atoms with van der Waals surface area (Å²) in [6.45, 7) is 9.30. The number of H-pyrrole nitrogens is 1. The lowest BCUT2D eigenvalue weighted by Crippen LogP contribution is -2.37. The fraction of sp³-hybridized carbons (Fsp3) is 0.714. The van der Waals surface area contributed by atoms with Crippen LogP contribution in [0.5, 0.6) is 0 Å². The second-order valence-corrected chi connectivity index (χ2v) is 8.72. The molecule has 25 heavy (non-hydrogen) atoms. The van der Waals surface area contributed by atoms with Crippen molar-refractivity contribution in [1.82, 2.24) is 0 Å². The average molecular weight is 343 g/mol. The molecule has 0 atom stereocenters. The number of nitrogens with one attached hydrogen (secondary N) is 2. The highest BCUT2D eigenvalue weighted by Crippen LogP contribution is 2.34. The lowest BCUT2D eigenvalue weighted by atomic mass is 9.86. The molecule has 0 unspecified atom stereocenters. The van der Waals surface area contributed by atoms with Crippen LogP contribution in [0.15, 0.2) is 0 Å². The van der Waals surface area contributed by atoms with Crippen molar-refractivity contribution in [3.05, 3.63) is 22.4 Å². The molecule has 0 bridgehead atoms. The molecule has 4 nitrogen and oxygen atoms in total. The van der Waals surface area contributed by atoms with E-state index in [0.717, 1.165) is 24.2 Å². The summed E-state index contributed by atoms with van der Waals surface area (Å²) in [6.07, 6.45) is 8.07. The number of anilines is 1. The van der Waals surface area contributed by atoms with Crippen molar-refractivity contribution in [3.8, 4) is 6.07 Å². The first-order valence-corrected chi connectivity index (χ1v) is 9.80. The van der Waals surface area contributed by atoms with Gasteiger partial charge in [0.05, 0.1) is 18.2 Å². The van der Waals surface area contributed by atoms with Crippen molar-refractivity contribution in [2.75, 3.05) is 5.32 Å². The summed E-state index contributed by atoms with van der Waals surface area (Å²) < 4.78 is 6.05. The summed E-state index contributed by atoms with van der Waals surface area (Å²) >= 11 is 0. The van der Waals surface area contributed by atoms with Gasteiger partial charge >= 0.3 is 0 Å². The first-order valence-electron chi connectivity index (χ1n) is 9.80. The van der Waals surface area contributed by atoms with Gasteiger partial charge in [0.25, 0.3) is 5.82 Å². The lowest BCUT2D eigenvalue weighted by molar-refractivity contribution is -0.376. The number of aromatic nitrogens is 1. The van der Waals surface area contributed by atoms with Gasteiger partial charge in [-0.15, -0.1) is 0 Å². The molecule has 1 aliphatic heterocycles. The molecule has 1 aromatic rings. The van der Waals surface area contributed by atoms with Gasteiger partial charge in [-0.05, 0) is 51.0 Å². The zero-order valence-electron chi connectivity index (χ0n) is 16.2. The van der Waals surface area contributed by atoms with Gasteiger partial charge in [-0.25, -0.2) is 4.98 Å². The highest BCUT2D eigenvalue weighted by Gasteiger charge is 2.34. The Morgan fingerprint density at radius 1 is 1.24 bits per heavy atom. The van der Waals surface area contributed by atoms with E-state index < -0.39 is 0 Å². The monoisotopic (exact) mass is 342 g/mol. The molecule has 3 rings (SSSR count). The SMILES string of the molecule is CC(C)Cc1[nH+]c(NC2CCCCC2)c(C#N)c2c1COC(C)(C)C2. The quantitative estimate of drug-likeness (QED) is 0.893. The Kier molecular flexibility index (Phi) is 5.34. The molecule has 0 aromatic carbocycles. The molecule has 2 N–H and O–H groups in total. The van der Waals surface area contributed by atoms with Crippen molar-refractivity contribution in [2.24, 2.45) is 5.92 Å². The van der Waals surface area contributed by atoms with Crippen LogP contribution < -0.4 is 10.3 Å². The van der Waals surface area contributed by atoms with Gasteiger partial charge in [-0.3, -0.25) is 5.32 Å². The predicted octanol–water partition coefficient (Wildman–Crippen LogP) is 4.17. The Morgan fingerprint density at radius 3 is 2.60 bits per heavy atom. The Bertz CT molecular complexity index is 667. The molecular weight excluding hydrogens is 310 g/mol. The maximum atomic E-state index is 9.90. The molecule has 2 aliphatic rings. The van der Waals surface area contributed by atoms with Gasteiger partial charge < -0.3 is 4.74 Å². The molecule has 136 valence electrons. The van der Waals surface area contributed by atoms with Crippen LogP contribution in [-0.2, 0) is 24.2 Å². The molecule has 0 spiro atoms. The number of ether oxygens (including phenoxy) is 1. The summed E-state index contributed by atoms with van der Waals surface area (Å²) in [5.41, 5.74) is 4.21. The van der Waals surface area contributed by atoms with Gasteiger partial charge in [-0.2, -0.15) is 5.26 Å². The van der Waals surface area contributed by atoms with Crippen LogP contribution >= 0.6 is 0 Å². The molecular formula is C21H32N3O+. The zero-order valence-corrected chi connectivity index (χ0v) is 16.2. The van der Waals surface area contributed by atoms with Gasteiger partial charge in [0.2, 0.25) is 0 Å². The van der Waals surface area contributed by atoms with E-state index in [1.165, 1.54) is 48.9 Å². The van der Waals surface area contributed by atoms with Crippen LogP contribution in [0.25, 0.3) is 0 Å². The highest BCUT2D eigenvalue weighted by atomic mass is 16.5. The van der Waals surface area contributed by atoms with E-state index in [2.05, 4.69) is 44.1 Å². The van der Waals surface area contributed by atoms with Gasteiger partial charge in [0.1, 0.15) is 17.3 Å². The second kappa shape index (κ2) is 7.33. The average Bonchev–Trinajstić information content (AvgIpc) is 2.54. The third kappa shape index (κ3) is 4.15. The van der Waals surface area contributed by atoms with Gasteiger partial charge in [-0.1, -0.05) is 20.3 Å². The van der Waals surface area contributed by atoms with Crippen molar-refractivity contribution in [1.29, 1.82) is 5.26 Å². The number of rotatable bonds is 4. The molecule has 1 aromatic heterocycles. The Hall–Kier alpha value is -1.60. The van der Waals surface area contributed by atoms with E-state index in [-0.39, 0.29) is 5.60 Å². The van der Waals surface area contributed by atoms with Crippen molar-refractivity contribution in [3.63, 3.8) is 0 Å². The minimum absolute atomic E-state index is 0.211. The summed E-state index contributed by atoms with van der Waals surface area (Å²) in [4.78, 5) is 3.58. The molecule has 0 amide bonds. The normalized spacial score (nSPS) is 20.2. The van der Waals surface area contributed by atoms with Crippen LogP contribution in [-0.4, -0.2) is 11.6 Å². The first kappa shape index (κ1) is 18.2. The summed E-state index contributed by atoms with van der Waals surface area (Å²) in [5.74, 6) is 1.49. The highest BCUT2D eigenvalue weighted by molar-refractivity contribution is 5.57. The van der Waals surface area contributed by atoms with Crippen LogP contribution in [0.1, 0.15) is 82.2 Å². The Morgan fingerprint density at radius 2 is 1.96 bits per heavy atom. The molecule has 4 heteroatoms. The Labute approximate surface area is 152 Å². The van der Waals surface area contributed by atoms with E-state index in [1.54, 1.807) is 0 Å². The largest absolute Gasteiger partial charge is 0.370 e. The minimum Gasteiger partial charge on any atom is -0.370 e. The topological polar surface area (TPSA) is 59.2 Å². The van der Waals surface area contributed by atoms with Crippen molar-refractivity contribution in [2.45, 2.75) is 90.9 Å². The maximum Gasteiger partial charge on any atom is 0.291 e. The van der Waals surface area contributed by atoms with E-state index in [4.69, 9.17) is 4.74 Å². The van der Waals surface area contributed by atoms with Crippen LogP contribution in [0.4, 0.5) is 5.82 Å². The van der Waals surface area contributed by atoms with E-state index in [0.29, 0.717) is 18.6 Å². The number of fused-ring (bicyclic) bond motifs is 1. The smallest absolute Gasteiger partial charge is 0.291 e. The third-order valence-corrected chi connectivity index (χ3v) is 5.44. The zero-order chi connectivity index (χ0) is 18.0. The maximum absolute atomic E-state index is 9.90. The van der Waals surface area contributed by atoms with Gasteiger partial charge in [0, 0.05) is 18.4 Å². The van der Waals surface area contributed by atoms with Crippen molar-refractivity contribution >= 4 is 5.82 Å². The van der Waals surface area contributed by atoms with Crippen LogP contribution in [0.2, 0.25) is 0 Å².